The molecule has 0 radical (unpaired) electrons. The predicted molar refractivity (Wildman–Crippen MR) is 37.0 cm³/mol. The van der Waals surface area contributed by atoms with Gasteiger partial charge in [0, 0.05) is 0 Å². The first-order valence-electron chi connectivity index (χ1n) is 3.61. The van der Waals surface area contributed by atoms with Gasteiger partial charge in [-0.1, -0.05) is 0 Å². The first-order valence-corrected chi connectivity index (χ1v) is 3.61. The summed E-state index contributed by atoms with van der Waals surface area (Å²) in [5.41, 5.74) is 0. The van der Waals surface area contributed by atoms with Gasteiger partial charge in [0.25, 0.3) is 0 Å². The molecule has 0 aliphatic carbocycles. The van der Waals surface area contributed by atoms with Crippen molar-refractivity contribution in [1.82, 2.24) is 0 Å². The van der Waals surface area contributed by atoms with Gasteiger partial charge in [-0.15, -0.1) is 0 Å². The largest absolute Gasteiger partial charge is 0.467 e. The van der Waals surface area contributed by atoms with E-state index in [1.807, 2.05) is 0 Å². The van der Waals surface area contributed by atoms with Gasteiger partial charge in [-0.05, 0) is 12.8 Å². The maximum atomic E-state index is 10.8. The van der Waals surface area contributed by atoms with Gasteiger partial charge >= 0.3 is 5.97 Å². The molecule has 11 heavy (non-hydrogen) atoms. The molecule has 1 fully saturated rings. The summed E-state index contributed by atoms with van der Waals surface area (Å²) in [6, 6.07) is 0. The Labute approximate surface area is 65.1 Å². The lowest BCUT2D eigenvalue weighted by atomic mass is 10.1. The average molecular weight is 160 g/mol. The standard InChI is InChI=1S/C7H12O4/c1-10-7(9)6-3-2-5(8)4-11-6/h5-6,8H,2-4H2,1H3. The molecule has 1 saturated heterocycles. The number of carbonyl (C=O) groups excluding carboxylic acids is 1. The number of methoxy groups -OCH3 is 1. The van der Waals surface area contributed by atoms with Gasteiger partial charge in [0.05, 0.1) is 19.8 Å². The lowest BCUT2D eigenvalue weighted by molar-refractivity contribution is -0.161. The van der Waals surface area contributed by atoms with E-state index < -0.39 is 12.2 Å². The minimum atomic E-state index is -0.469. The Kier molecular flexibility index (Phi) is 2.84. The highest BCUT2D eigenvalue weighted by atomic mass is 16.6. The van der Waals surface area contributed by atoms with Crippen LogP contribution in [0.5, 0.6) is 0 Å². The average Bonchev–Trinajstić information content (AvgIpc) is 2.05. The third-order valence-corrected chi connectivity index (χ3v) is 1.72. The molecule has 0 aromatic heterocycles. The van der Waals surface area contributed by atoms with E-state index in [1.54, 1.807) is 0 Å². The van der Waals surface area contributed by atoms with Crippen LogP contribution in [0.3, 0.4) is 0 Å². The van der Waals surface area contributed by atoms with Crippen LogP contribution >= 0.6 is 0 Å². The van der Waals surface area contributed by atoms with Crippen LogP contribution < -0.4 is 0 Å². The van der Waals surface area contributed by atoms with Crippen molar-refractivity contribution in [2.24, 2.45) is 0 Å². The fourth-order valence-corrected chi connectivity index (χ4v) is 1.05. The van der Waals surface area contributed by atoms with Crippen LogP contribution in [0.1, 0.15) is 12.8 Å². The molecule has 1 aliphatic rings. The molecular weight excluding hydrogens is 148 g/mol. The highest BCUT2D eigenvalue weighted by Gasteiger charge is 2.26. The number of rotatable bonds is 1. The molecule has 4 nitrogen and oxygen atoms in total. The zero-order valence-electron chi connectivity index (χ0n) is 6.45. The van der Waals surface area contributed by atoms with Gasteiger partial charge in [-0.3, -0.25) is 0 Å². The van der Waals surface area contributed by atoms with E-state index in [1.165, 1.54) is 7.11 Å². The van der Waals surface area contributed by atoms with Crippen LogP contribution in [0, 0.1) is 0 Å². The Bertz CT molecular complexity index is 137. The first kappa shape index (κ1) is 8.49. The molecule has 1 aliphatic heterocycles. The Morgan fingerprint density at radius 1 is 1.64 bits per heavy atom. The molecule has 0 aromatic rings. The van der Waals surface area contributed by atoms with Crippen molar-refractivity contribution in [2.75, 3.05) is 13.7 Å². The second-order valence-electron chi connectivity index (χ2n) is 2.58. The third kappa shape index (κ3) is 2.17. The lowest BCUT2D eigenvalue weighted by Crippen LogP contribution is -2.35. The maximum Gasteiger partial charge on any atom is 0.334 e. The number of hydrogen-bond donors (Lipinski definition) is 1. The molecule has 2 unspecified atom stereocenters. The van der Waals surface area contributed by atoms with Crippen LogP contribution in [-0.2, 0) is 14.3 Å². The van der Waals surface area contributed by atoms with Gasteiger partial charge in [-0.25, -0.2) is 4.79 Å². The molecular formula is C7H12O4. The molecule has 0 saturated carbocycles. The van der Waals surface area contributed by atoms with E-state index in [9.17, 15) is 4.79 Å². The zero-order chi connectivity index (χ0) is 8.27. The Morgan fingerprint density at radius 3 is 2.82 bits per heavy atom. The number of esters is 1. The van der Waals surface area contributed by atoms with Crippen LogP contribution in [0.2, 0.25) is 0 Å². The van der Waals surface area contributed by atoms with Crippen molar-refractivity contribution < 1.29 is 19.4 Å². The smallest absolute Gasteiger partial charge is 0.334 e. The first-order chi connectivity index (χ1) is 5.24. The van der Waals surface area contributed by atoms with Crippen molar-refractivity contribution in [3.05, 3.63) is 0 Å². The van der Waals surface area contributed by atoms with Crippen molar-refractivity contribution in [3.8, 4) is 0 Å². The summed E-state index contributed by atoms with van der Waals surface area (Å²) in [5, 5.41) is 9.00. The van der Waals surface area contributed by atoms with Crippen LogP contribution in [0.4, 0.5) is 0 Å². The van der Waals surface area contributed by atoms with Crippen LogP contribution in [-0.4, -0.2) is 37.0 Å². The van der Waals surface area contributed by atoms with Crippen molar-refractivity contribution in [3.63, 3.8) is 0 Å². The summed E-state index contributed by atoms with van der Waals surface area (Å²) in [6.07, 6.45) is 0.271. The summed E-state index contributed by atoms with van der Waals surface area (Å²) >= 11 is 0. The van der Waals surface area contributed by atoms with Crippen molar-refractivity contribution in [2.45, 2.75) is 25.0 Å². The van der Waals surface area contributed by atoms with Crippen molar-refractivity contribution in [1.29, 1.82) is 0 Å². The number of aliphatic hydroxyl groups is 1. The number of ether oxygens (including phenoxy) is 2. The normalized spacial score (nSPS) is 31.5. The molecule has 0 spiro atoms. The van der Waals surface area contributed by atoms with E-state index >= 15 is 0 Å². The minimum absolute atomic E-state index is 0.236. The van der Waals surface area contributed by atoms with Gasteiger partial charge in [0.1, 0.15) is 0 Å². The van der Waals surface area contributed by atoms with Crippen LogP contribution in [0.25, 0.3) is 0 Å². The molecule has 4 heteroatoms. The summed E-state index contributed by atoms with van der Waals surface area (Å²) in [4.78, 5) is 10.8. The molecule has 0 aromatic carbocycles. The summed E-state index contributed by atoms with van der Waals surface area (Å²) in [5.74, 6) is -0.350. The fourth-order valence-electron chi connectivity index (χ4n) is 1.05. The summed E-state index contributed by atoms with van der Waals surface area (Å²) < 4.78 is 9.50. The fraction of sp³-hybridized carbons (Fsp3) is 0.857. The monoisotopic (exact) mass is 160 g/mol. The molecule has 1 rings (SSSR count). The van der Waals surface area contributed by atoms with Gasteiger partial charge in [0.15, 0.2) is 6.10 Å². The van der Waals surface area contributed by atoms with Gasteiger partial charge in [0.2, 0.25) is 0 Å². The Morgan fingerprint density at radius 2 is 2.36 bits per heavy atom. The lowest BCUT2D eigenvalue weighted by Gasteiger charge is -2.23. The highest BCUT2D eigenvalue weighted by molar-refractivity contribution is 5.74. The summed E-state index contributed by atoms with van der Waals surface area (Å²) in [7, 11) is 1.33. The van der Waals surface area contributed by atoms with E-state index in [4.69, 9.17) is 9.84 Å². The Balaban J connectivity index is 2.33. The molecule has 0 bridgehead atoms. The number of carbonyl (C=O) groups is 1. The molecule has 2 atom stereocenters. The minimum Gasteiger partial charge on any atom is -0.467 e. The number of hydrogen-bond acceptors (Lipinski definition) is 4. The molecule has 1 heterocycles. The second kappa shape index (κ2) is 3.69. The SMILES string of the molecule is COC(=O)C1CCC(O)CO1. The third-order valence-electron chi connectivity index (χ3n) is 1.72. The van der Waals surface area contributed by atoms with Gasteiger partial charge < -0.3 is 14.6 Å². The van der Waals surface area contributed by atoms with E-state index in [2.05, 4.69) is 4.74 Å². The Hall–Kier alpha value is -0.610. The second-order valence-corrected chi connectivity index (χ2v) is 2.58. The maximum absolute atomic E-state index is 10.8. The van der Waals surface area contributed by atoms with E-state index in [0.29, 0.717) is 12.8 Å². The van der Waals surface area contributed by atoms with Crippen LogP contribution in [0.15, 0.2) is 0 Å². The topological polar surface area (TPSA) is 55.8 Å². The number of aliphatic hydroxyl groups excluding tert-OH is 1. The van der Waals surface area contributed by atoms with E-state index in [0.717, 1.165) is 0 Å². The summed E-state index contributed by atoms with van der Waals surface area (Å²) in [6.45, 7) is 0.236. The molecule has 1 N–H and O–H groups in total. The van der Waals surface area contributed by atoms with Gasteiger partial charge in [-0.2, -0.15) is 0 Å². The predicted octanol–water partition coefficient (Wildman–Crippen LogP) is -0.301. The molecule has 64 valence electrons. The zero-order valence-corrected chi connectivity index (χ0v) is 6.45. The quantitative estimate of drug-likeness (QED) is 0.535. The molecule has 0 amide bonds. The van der Waals surface area contributed by atoms with E-state index in [-0.39, 0.29) is 12.6 Å². The highest BCUT2D eigenvalue weighted by Crippen LogP contribution is 2.13. The van der Waals surface area contributed by atoms with Crippen molar-refractivity contribution >= 4 is 5.97 Å².